The molecular weight excluding hydrogens is 310 g/mol. The fourth-order valence-electron chi connectivity index (χ4n) is 3.37. The van der Waals surface area contributed by atoms with Crippen LogP contribution in [0.15, 0.2) is 43.0 Å². The number of carboxylic acid groups (broad SMARTS) is 1. The van der Waals surface area contributed by atoms with Gasteiger partial charge in [-0.3, -0.25) is 4.79 Å². The minimum absolute atomic E-state index is 0.191. The van der Waals surface area contributed by atoms with Crippen molar-refractivity contribution in [1.29, 1.82) is 0 Å². The molecule has 6 heteroatoms. The van der Waals surface area contributed by atoms with E-state index in [1.165, 1.54) is 4.90 Å². The van der Waals surface area contributed by atoms with Crippen LogP contribution in [0, 0.1) is 5.92 Å². The number of likely N-dealkylation sites (tertiary alicyclic amines) is 1. The normalized spacial score (nSPS) is 29.4. The molecule has 0 saturated carbocycles. The summed E-state index contributed by atoms with van der Waals surface area (Å²) in [6, 6.07) is 8.36. The van der Waals surface area contributed by atoms with Crippen LogP contribution in [0.4, 0.5) is 0 Å². The van der Waals surface area contributed by atoms with Gasteiger partial charge in [0.15, 0.2) is 0 Å². The summed E-state index contributed by atoms with van der Waals surface area (Å²) >= 11 is 0. The molecule has 1 N–H and O–H groups in total. The third kappa shape index (κ3) is 3.28. The van der Waals surface area contributed by atoms with Crippen LogP contribution in [0.2, 0.25) is 0 Å². The van der Waals surface area contributed by atoms with Gasteiger partial charge in [-0.1, -0.05) is 24.3 Å². The molecule has 0 bridgehead atoms. The summed E-state index contributed by atoms with van der Waals surface area (Å²) in [5, 5.41) is 9.48. The number of carbonyl (C=O) groups is 2. The van der Waals surface area contributed by atoms with E-state index in [0.717, 1.165) is 0 Å². The molecule has 0 unspecified atom stereocenters. The van der Waals surface area contributed by atoms with Gasteiger partial charge in [-0.05, 0) is 18.6 Å². The molecule has 2 saturated heterocycles. The second kappa shape index (κ2) is 7.05. The van der Waals surface area contributed by atoms with Crippen LogP contribution in [0.3, 0.4) is 0 Å². The fraction of sp³-hybridized carbons (Fsp3) is 0.444. The third-order valence-electron chi connectivity index (χ3n) is 4.56. The molecule has 2 aliphatic heterocycles. The van der Waals surface area contributed by atoms with Crippen LogP contribution in [0.5, 0.6) is 5.75 Å². The number of hydrogen-bond acceptors (Lipinski definition) is 4. The van der Waals surface area contributed by atoms with Crippen LogP contribution in [-0.4, -0.2) is 53.3 Å². The van der Waals surface area contributed by atoms with E-state index >= 15 is 0 Å². The van der Waals surface area contributed by atoms with Crippen molar-refractivity contribution in [3.63, 3.8) is 0 Å². The summed E-state index contributed by atoms with van der Waals surface area (Å²) in [6.07, 6.45) is 1.80. The molecule has 1 aromatic rings. The molecule has 3 rings (SSSR count). The highest BCUT2D eigenvalue weighted by atomic mass is 16.5. The van der Waals surface area contributed by atoms with Crippen molar-refractivity contribution in [2.45, 2.75) is 31.1 Å². The lowest BCUT2D eigenvalue weighted by molar-refractivity contribution is -0.150. The summed E-state index contributed by atoms with van der Waals surface area (Å²) in [5.74, 6) is -0.880. The van der Waals surface area contributed by atoms with Crippen molar-refractivity contribution < 1.29 is 24.2 Å². The summed E-state index contributed by atoms with van der Waals surface area (Å²) in [7, 11) is 0. The Morgan fingerprint density at radius 2 is 2.08 bits per heavy atom. The van der Waals surface area contributed by atoms with Gasteiger partial charge in [0.1, 0.15) is 17.9 Å². The number of para-hydroxylation sites is 1. The zero-order valence-corrected chi connectivity index (χ0v) is 13.3. The van der Waals surface area contributed by atoms with E-state index in [0.29, 0.717) is 18.8 Å². The fourth-order valence-corrected chi connectivity index (χ4v) is 3.37. The Kier molecular flexibility index (Phi) is 4.85. The van der Waals surface area contributed by atoms with Crippen LogP contribution in [0.1, 0.15) is 12.8 Å². The zero-order valence-electron chi connectivity index (χ0n) is 13.3. The Labute approximate surface area is 140 Å². The Morgan fingerprint density at radius 1 is 1.33 bits per heavy atom. The van der Waals surface area contributed by atoms with Crippen LogP contribution < -0.4 is 4.74 Å². The van der Waals surface area contributed by atoms with Crippen molar-refractivity contribution >= 4 is 11.9 Å². The first kappa shape index (κ1) is 16.5. The highest BCUT2D eigenvalue weighted by molar-refractivity contribution is 5.86. The van der Waals surface area contributed by atoms with Gasteiger partial charge in [-0.2, -0.15) is 0 Å². The third-order valence-corrected chi connectivity index (χ3v) is 4.56. The lowest BCUT2D eigenvalue weighted by Crippen LogP contribution is -2.45. The maximum atomic E-state index is 12.8. The Bertz CT molecular complexity index is 617. The first-order valence-electron chi connectivity index (χ1n) is 8.09. The minimum Gasteiger partial charge on any atom is -0.488 e. The van der Waals surface area contributed by atoms with Crippen molar-refractivity contribution in [3.8, 4) is 5.75 Å². The first-order chi connectivity index (χ1) is 11.6. The summed E-state index contributed by atoms with van der Waals surface area (Å²) in [5.41, 5.74) is 0. The quantitative estimate of drug-likeness (QED) is 0.831. The van der Waals surface area contributed by atoms with Crippen LogP contribution in [0.25, 0.3) is 0 Å². The lowest BCUT2D eigenvalue weighted by atomic mass is 9.99. The Hall–Kier alpha value is -2.34. The SMILES string of the molecule is C=C[C@@H]1OCC[C@H]1C(=O)N1C[C@@H](Oc2ccccc2)C[C@H]1C(=O)O. The average molecular weight is 331 g/mol. The predicted molar refractivity (Wildman–Crippen MR) is 86.7 cm³/mol. The number of aliphatic carboxylic acids is 1. The second-order valence-corrected chi connectivity index (χ2v) is 6.10. The number of nitrogens with zero attached hydrogens (tertiary/aromatic N) is 1. The monoisotopic (exact) mass is 331 g/mol. The average Bonchev–Trinajstić information content (AvgIpc) is 3.21. The molecule has 0 aromatic heterocycles. The van der Waals surface area contributed by atoms with E-state index in [1.807, 2.05) is 30.3 Å². The van der Waals surface area contributed by atoms with Gasteiger partial charge in [0.2, 0.25) is 5.91 Å². The molecule has 0 spiro atoms. The van der Waals surface area contributed by atoms with E-state index < -0.39 is 12.0 Å². The maximum Gasteiger partial charge on any atom is 0.326 e. The summed E-state index contributed by atoms with van der Waals surface area (Å²) in [6.45, 7) is 4.45. The van der Waals surface area contributed by atoms with Gasteiger partial charge in [0.25, 0.3) is 0 Å². The van der Waals surface area contributed by atoms with E-state index in [1.54, 1.807) is 6.08 Å². The van der Waals surface area contributed by atoms with Crippen molar-refractivity contribution in [1.82, 2.24) is 4.90 Å². The highest BCUT2D eigenvalue weighted by Crippen LogP contribution is 2.29. The van der Waals surface area contributed by atoms with E-state index in [4.69, 9.17) is 9.47 Å². The molecule has 0 radical (unpaired) electrons. The molecule has 6 nitrogen and oxygen atoms in total. The number of rotatable bonds is 5. The Morgan fingerprint density at radius 3 is 2.75 bits per heavy atom. The largest absolute Gasteiger partial charge is 0.488 e. The van der Waals surface area contributed by atoms with Crippen LogP contribution in [-0.2, 0) is 14.3 Å². The van der Waals surface area contributed by atoms with Crippen molar-refractivity contribution in [2.24, 2.45) is 5.92 Å². The second-order valence-electron chi connectivity index (χ2n) is 6.10. The van der Waals surface area contributed by atoms with E-state index in [-0.39, 0.29) is 37.0 Å². The smallest absolute Gasteiger partial charge is 0.326 e. The molecule has 2 heterocycles. The van der Waals surface area contributed by atoms with Gasteiger partial charge in [0, 0.05) is 13.0 Å². The lowest BCUT2D eigenvalue weighted by Gasteiger charge is -2.25. The number of hydrogen-bond donors (Lipinski definition) is 1. The molecule has 4 atom stereocenters. The molecule has 2 aliphatic rings. The Balaban J connectivity index is 1.72. The van der Waals surface area contributed by atoms with Gasteiger partial charge in [-0.25, -0.2) is 4.79 Å². The molecule has 2 fully saturated rings. The first-order valence-corrected chi connectivity index (χ1v) is 8.09. The number of carbonyl (C=O) groups excluding carboxylic acids is 1. The zero-order chi connectivity index (χ0) is 17.1. The highest BCUT2D eigenvalue weighted by Gasteiger charge is 2.45. The van der Waals surface area contributed by atoms with Crippen LogP contribution >= 0.6 is 0 Å². The van der Waals surface area contributed by atoms with Gasteiger partial charge in [0.05, 0.1) is 18.6 Å². The van der Waals surface area contributed by atoms with Crippen molar-refractivity contribution in [3.05, 3.63) is 43.0 Å². The van der Waals surface area contributed by atoms with E-state index in [2.05, 4.69) is 6.58 Å². The molecule has 1 aromatic carbocycles. The van der Waals surface area contributed by atoms with Crippen molar-refractivity contribution in [2.75, 3.05) is 13.2 Å². The van der Waals surface area contributed by atoms with Gasteiger partial charge >= 0.3 is 5.97 Å². The molecule has 24 heavy (non-hydrogen) atoms. The minimum atomic E-state index is -1.00. The van der Waals surface area contributed by atoms with Gasteiger partial charge in [-0.15, -0.1) is 6.58 Å². The number of carboxylic acids is 1. The van der Waals surface area contributed by atoms with Gasteiger partial charge < -0.3 is 19.5 Å². The predicted octanol–water partition coefficient (Wildman–Crippen LogP) is 1.71. The summed E-state index contributed by atoms with van der Waals surface area (Å²) < 4.78 is 11.3. The molecule has 1 amide bonds. The maximum absolute atomic E-state index is 12.8. The molecule has 128 valence electrons. The molecule has 0 aliphatic carbocycles. The van der Waals surface area contributed by atoms with E-state index in [9.17, 15) is 14.7 Å². The topological polar surface area (TPSA) is 76.1 Å². The number of benzene rings is 1. The summed E-state index contributed by atoms with van der Waals surface area (Å²) in [4.78, 5) is 25.8. The standard InChI is InChI=1S/C18H21NO5/c1-2-16-14(8-9-23-16)17(20)19-11-13(10-15(19)18(21)22)24-12-6-4-3-5-7-12/h2-7,13-16H,1,8-11H2,(H,21,22)/t13-,14+,15-,16-/m0/s1. The number of amides is 1. The number of ether oxygens (including phenoxy) is 2. The molecular formula is C18H21NO5.